The standard InChI is InChI=1S/C21H26N4O2/c1-22-18-9-12-25(13-10-18)21(27)19(14-16-6-3-2-4-7-16)24-20(26)17-8-5-11-23-15-17/h2-8,11,15,18-19,22H,9-10,12-14H2,1H3,(H,24,26). The Hall–Kier alpha value is -2.73. The highest BCUT2D eigenvalue weighted by atomic mass is 16.2. The van der Waals surface area contributed by atoms with Gasteiger partial charge in [0.2, 0.25) is 5.91 Å². The second kappa shape index (κ2) is 9.28. The van der Waals surface area contributed by atoms with Crippen LogP contribution in [0.2, 0.25) is 0 Å². The minimum Gasteiger partial charge on any atom is -0.341 e. The van der Waals surface area contributed by atoms with Gasteiger partial charge in [-0.1, -0.05) is 30.3 Å². The molecule has 1 saturated heterocycles. The summed E-state index contributed by atoms with van der Waals surface area (Å²) in [5.74, 6) is -0.298. The number of likely N-dealkylation sites (tertiary alicyclic amines) is 1. The minimum absolute atomic E-state index is 0.0225. The Bertz CT molecular complexity index is 743. The van der Waals surface area contributed by atoms with Crippen LogP contribution in [0.4, 0.5) is 0 Å². The Kier molecular flexibility index (Phi) is 6.54. The fourth-order valence-corrected chi connectivity index (χ4v) is 3.40. The number of piperidine rings is 1. The molecule has 3 rings (SSSR count). The molecular formula is C21H26N4O2. The number of carbonyl (C=O) groups excluding carboxylic acids is 2. The molecule has 6 heteroatoms. The molecule has 1 atom stereocenters. The lowest BCUT2D eigenvalue weighted by molar-refractivity contribution is -0.134. The van der Waals surface area contributed by atoms with E-state index < -0.39 is 6.04 Å². The van der Waals surface area contributed by atoms with Crippen molar-refractivity contribution in [2.45, 2.75) is 31.3 Å². The van der Waals surface area contributed by atoms with E-state index in [9.17, 15) is 9.59 Å². The maximum atomic E-state index is 13.1. The zero-order valence-corrected chi connectivity index (χ0v) is 15.6. The maximum absolute atomic E-state index is 13.1. The van der Waals surface area contributed by atoms with Gasteiger partial charge < -0.3 is 15.5 Å². The van der Waals surface area contributed by atoms with Crippen LogP contribution < -0.4 is 10.6 Å². The van der Waals surface area contributed by atoms with Crippen LogP contribution in [0.3, 0.4) is 0 Å². The van der Waals surface area contributed by atoms with Crippen molar-refractivity contribution >= 4 is 11.8 Å². The van der Waals surface area contributed by atoms with Crippen LogP contribution in [0, 0.1) is 0 Å². The minimum atomic E-state index is -0.591. The zero-order chi connectivity index (χ0) is 19.1. The van der Waals surface area contributed by atoms with Gasteiger partial charge in [0.1, 0.15) is 6.04 Å². The smallest absolute Gasteiger partial charge is 0.253 e. The topological polar surface area (TPSA) is 74.3 Å². The van der Waals surface area contributed by atoms with E-state index in [2.05, 4.69) is 15.6 Å². The lowest BCUT2D eigenvalue weighted by Gasteiger charge is -2.34. The summed E-state index contributed by atoms with van der Waals surface area (Å²) in [7, 11) is 1.95. The van der Waals surface area contributed by atoms with Gasteiger partial charge in [0.15, 0.2) is 0 Å². The number of benzene rings is 1. The molecule has 0 bridgehead atoms. The molecule has 27 heavy (non-hydrogen) atoms. The lowest BCUT2D eigenvalue weighted by Crippen LogP contribution is -2.53. The molecule has 0 radical (unpaired) electrons. The number of hydrogen-bond donors (Lipinski definition) is 2. The highest BCUT2D eigenvalue weighted by Crippen LogP contribution is 2.14. The van der Waals surface area contributed by atoms with Crippen LogP contribution in [-0.4, -0.2) is 53.9 Å². The maximum Gasteiger partial charge on any atom is 0.253 e. The summed E-state index contributed by atoms with van der Waals surface area (Å²) in [6.07, 6.45) is 5.46. The number of hydrogen-bond acceptors (Lipinski definition) is 4. The number of nitrogens with one attached hydrogen (secondary N) is 2. The first kappa shape index (κ1) is 19.0. The van der Waals surface area contributed by atoms with Gasteiger partial charge in [-0.2, -0.15) is 0 Å². The average Bonchev–Trinajstić information content (AvgIpc) is 2.74. The normalized spacial score (nSPS) is 16.0. The quantitative estimate of drug-likeness (QED) is 0.815. The van der Waals surface area contributed by atoms with Crippen molar-refractivity contribution in [1.82, 2.24) is 20.5 Å². The Morgan fingerprint density at radius 1 is 1.15 bits per heavy atom. The molecule has 2 heterocycles. The Morgan fingerprint density at radius 3 is 2.52 bits per heavy atom. The van der Waals surface area contributed by atoms with E-state index in [-0.39, 0.29) is 11.8 Å². The highest BCUT2D eigenvalue weighted by Gasteiger charge is 2.29. The molecule has 1 unspecified atom stereocenters. The molecule has 0 saturated carbocycles. The SMILES string of the molecule is CNC1CCN(C(=O)C(Cc2ccccc2)NC(=O)c2cccnc2)CC1. The van der Waals surface area contributed by atoms with E-state index in [1.807, 2.05) is 42.3 Å². The molecular weight excluding hydrogens is 340 g/mol. The first-order valence-electron chi connectivity index (χ1n) is 9.38. The number of aromatic nitrogens is 1. The van der Waals surface area contributed by atoms with Crippen LogP contribution >= 0.6 is 0 Å². The molecule has 2 N–H and O–H groups in total. The zero-order valence-electron chi connectivity index (χ0n) is 15.6. The molecule has 2 aromatic rings. The van der Waals surface area contributed by atoms with Crippen LogP contribution in [0.25, 0.3) is 0 Å². The number of amides is 2. The number of carbonyl (C=O) groups is 2. The van der Waals surface area contributed by atoms with Crippen molar-refractivity contribution in [1.29, 1.82) is 0 Å². The van der Waals surface area contributed by atoms with E-state index in [1.165, 1.54) is 6.20 Å². The first-order valence-corrected chi connectivity index (χ1v) is 9.38. The lowest BCUT2D eigenvalue weighted by atomic mass is 10.0. The summed E-state index contributed by atoms with van der Waals surface area (Å²) >= 11 is 0. The Morgan fingerprint density at radius 2 is 1.89 bits per heavy atom. The van der Waals surface area contributed by atoms with Crippen LogP contribution in [0.5, 0.6) is 0 Å². The largest absolute Gasteiger partial charge is 0.341 e. The Balaban J connectivity index is 1.73. The van der Waals surface area contributed by atoms with Gasteiger partial charge in [-0.05, 0) is 37.6 Å². The molecule has 0 spiro atoms. The summed E-state index contributed by atoms with van der Waals surface area (Å²) in [5, 5.41) is 6.19. The predicted octanol–water partition coefficient (Wildman–Crippen LogP) is 1.63. The van der Waals surface area contributed by atoms with Gasteiger partial charge in [-0.3, -0.25) is 14.6 Å². The summed E-state index contributed by atoms with van der Waals surface area (Å²) < 4.78 is 0. The monoisotopic (exact) mass is 366 g/mol. The number of rotatable bonds is 6. The molecule has 1 fully saturated rings. The fraction of sp³-hybridized carbons (Fsp3) is 0.381. The van der Waals surface area contributed by atoms with Gasteiger partial charge in [0.05, 0.1) is 5.56 Å². The summed E-state index contributed by atoms with van der Waals surface area (Å²) in [6.45, 7) is 1.41. The van der Waals surface area contributed by atoms with Crippen molar-refractivity contribution in [3.05, 3.63) is 66.0 Å². The van der Waals surface area contributed by atoms with Crippen molar-refractivity contribution in [2.24, 2.45) is 0 Å². The summed E-state index contributed by atoms with van der Waals surface area (Å²) in [6, 6.07) is 13.1. The van der Waals surface area contributed by atoms with Crippen LogP contribution in [0.15, 0.2) is 54.9 Å². The van der Waals surface area contributed by atoms with Crippen molar-refractivity contribution in [3.8, 4) is 0 Å². The van der Waals surface area contributed by atoms with E-state index in [4.69, 9.17) is 0 Å². The van der Waals surface area contributed by atoms with Crippen LogP contribution in [-0.2, 0) is 11.2 Å². The summed E-state index contributed by atoms with van der Waals surface area (Å²) in [5.41, 5.74) is 1.48. The molecule has 2 amide bonds. The van der Waals surface area contributed by atoms with E-state index >= 15 is 0 Å². The molecule has 1 aliphatic heterocycles. The molecule has 1 aromatic carbocycles. The van der Waals surface area contributed by atoms with Gasteiger partial charge in [-0.25, -0.2) is 0 Å². The molecule has 0 aliphatic carbocycles. The van der Waals surface area contributed by atoms with Gasteiger partial charge in [0.25, 0.3) is 5.91 Å². The third-order valence-corrected chi connectivity index (χ3v) is 5.02. The molecule has 142 valence electrons. The predicted molar refractivity (Wildman–Crippen MR) is 104 cm³/mol. The van der Waals surface area contributed by atoms with Crippen molar-refractivity contribution < 1.29 is 9.59 Å². The second-order valence-electron chi connectivity index (χ2n) is 6.85. The highest BCUT2D eigenvalue weighted by molar-refractivity contribution is 5.97. The number of pyridine rings is 1. The third-order valence-electron chi connectivity index (χ3n) is 5.02. The fourth-order valence-electron chi connectivity index (χ4n) is 3.40. The first-order chi connectivity index (χ1) is 13.2. The Labute approximate surface area is 160 Å². The van der Waals surface area contributed by atoms with E-state index in [0.717, 1.165) is 18.4 Å². The van der Waals surface area contributed by atoms with E-state index in [1.54, 1.807) is 18.3 Å². The summed E-state index contributed by atoms with van der Waals surface area (Å²) in [4.78, 5) is 31.6. The average molecular weight is 366 g/mol. The molecule has 1 aromatic heterocycles. The van der Waals surface area contributed by atoms with Gasteiger partial charge >= 0.3 is 0 Å². The third kappa shape index (κ3) is 5.14. The molecule has 1 aliphatic rings. The molecule has 6 nitrogen and oxygen atoms in total. The number of nitrogens with zero attached hydrogens (tertiary/aromatic N) is 2. The van der Waals surface area contributed by atoms with Crippen molar-refractivity contribution in [2.75, 3.05) is 20.1 Å². The van der Waals surface area contributed by atoms with E-state index in [0.29, 0.717) is 31.1 Å². The van der Waals surface area contributed by atoms with Crippen LogP contribution in [0.1, 0.15) is 28.8 Å². The second-order valence-corrected chi connectivity index (χ2v) is 6.85. The van der Waals surface area contributed by atoms with Crippen molar-refractivity contribution in [3.63, 3.8) is 0 Å². The van der Waals surface area contributed by atoms with Gasteiger partial charge in [-0.15, -0.1) is 0 Å². The van der Waals surface area contributed by atoms with Gasteiger partial charge in [0, 0.05) is 37.9 Å².